The molecule has 0 bridgehead atoms. The van der Waals surface area contributed by atoms with Crippen molar-refractivity contribution in [1.29, 1.82) is 0 Å². The molecule has 0 saturated carbocycles. The maximum Gasteiger partial charge on any atom is 0.127 e. The molecule has 1 aromatic carbocycles. The second kappa shape index (κ2) is 3.14. The van der Waals surface area contributed by atoms with Crippen molar-refractivity contribution in [3.05, 3.63) is 23.8 Å². The van der Waals surface area contributed by atoms with Gasteiger partial charge in [0, 0.05) is 23.6 Å². The van der Waals surface area contributed by atoms with Crippen LogP contribution in [0.5, 0.6) is 11.5 Å². The fourth-order valence-corrected chi connectivity index (χ4v) is 2.78. The van der Waals surface area contributed by atoms with Crippen LogP contribution in [0.4, 0.5) is 0 Å². The third kappa shape index (κ3) is 1.30. The second-order valence-corrected chi connectivity index (χ2v) is 4.51. The fraction of sp³-hybridized carbons (Fsp3) is 0.500. The van der Waals surface area contributed by atoms with Gasteiger partial charge in [-0.1, -0.05) is 6.07 Å². The minimum atomic E-state index is 0.285. The Kier molecular flexibility index (Phi) is 1.89. The summed E-state index contributed by atoms with van der Waals surface area (Å²) in [5.41, 5.74) is 1.23. The number of aromatic hydroxyl groups is 1. The largest absolute Gasteiger partial charge is 0.508 e. The molecule has 1 saturated heterocycles. The number of ether oxygens (including phenoxy) is 1. The van der Waals surface area contributed by atoms with E-state index in [1.54, 1.807) is 12.1 Å². The number of hydrogen-bond acceptors (Lipinski definition) is 3. The van der Waals surface area contributed by atoms with E-state index in [0.717, 1.165) is 18.9 Å². The zero-order valence-electron chi connectivity index (χ0n) is 8.81. The van der Waals surface area contributed by atoms with Crippen LogP contribution in [-0.2, 0) is 0 Å². The van der Waals surface area contributed by atoms with E-state index in [1.807, 2.05) is 6.07 Å². The summed E-state index contributed by atoms with van der Waals surface area (Å²) in [6.45, 7) is 1.92. The Bertz CT molecular complexity index is 391. The molecule has 1 aromatic rings. The summed E-state index contributed by atoms with van der Waals surface area (Å²) in [4.78, 5) is 2.38. The summed E-state index contributed by atoms with van der Waals surface area (Å²) in [7, 11) is 2.16. The number of nitrogens with zero attached hydrogens (tertiary/aromatic N) is 1. The lowest BCUT2D eigenvalue weighted by atomic mass is 9.91. The van der Waals surface area contributed by atoms with Gasteiger partial charge in [0.25, 0.3) is 0 Å². The van der Waals surface area contributed by atoms with Gasteiger partial charge in [0.15, 0.2) is 0 Å². The second-order valence-electron chi connectivity index (χ2n) is 4.51. The maximum atomic E-state index is 9.40. The van der Waals surface area contributed by atoms with Crippen molar-refractivity contribution in [2.24, 2.45) is 5.92 Å². The number of rotatable bonds is 0. The lowest BCUT2D eigenvalue weighted by Gasteiger charge is -2.31. The van der Waals surface area contributed by atoms with Crippen molar-refractivity contribution in [2.45, 2.75) is 12.5 Å². The van der Waals surface area contributed by atoms with Crippen LogP contribution in [0.3, 0.4) is 0 Å². The first-order valence-electron chi connectivity index (χ1n) is 5.41. The van der Waals surface area contributed by atoms with Crippen LogP contribution in [0.1, 0.15) is 18.0 Å². The van der Waals surface area contributed by atoms with E-state index in [0.29, 0.717) is 12.0 Å². The van der Waals surface area contributed by atoms with E-state index in [1.165, 1.54) is 12.0 Å². The van der Waals surface area contributed by atoms with Gasteiger partial charge < -0.3 is 9.84 Å². The molecular formula is C12H15NO2. The average molecular weight is 205 g/mol. The third-order valence-corrected chi connectivity index (χ3v) is 3.54. The number of phenolic OH excluding ortho intramolecular Hbond substituents is 1. The first kappa shape index (κ1) is 9.04. The van der Waals surface area contributed by atoms with E-state index in [4.69, 9.17) is 4.74 Å². The summed E-state index contributed by atoms with van der Waals surface area (Å²) < 4.78 is 5.68. The highest BCUT2D eigenvalue weighted by atomic mass is 16.5. The summed E-state index contributed by atoms with van der Waals surface area (Å²) in [6.07, 6.45) is 1.21. The third-order valence-electron chi connectivity index (χ3n) is 3.54. The number of benzene rings is 1. The lowest BCUT2D eigenvalue weighted by molar-refractivity contribution is 0.164. The number of fused-ring (bicyclic) bond motifs is 3. The van der Waals surface area contributed by atoms with Gasteiger partial charge in [0.2, 0.25) is 0 Å². The summed E-state index contributed by atoms with van der Waals surface area (Å²) >= 11 is 0. The normalized spacial score (nSPS) is 29.4. The molecule has 80 valence electrons. The van der Waals surface area contributed by atoms with Gasteiger partial charge in [-0.15, -0.1) is 0 Å². The van der Waals surface area contributed by atoms with Crippen LogP contribution < -0.4 is 4.74 Å². The number of phenols is 1. The van der Waals surface area contributed by atoms with E-state index in [9.17, 15) is 5.11 Å². The molecule has 2 atom stereocenters. The highest BCUT2D eigenvalue weighted by Gasteiger charge is 2.38. The molecule has 3 rings (SSSR count). The topological polar surface area (TPSA) is 32.7 Å². The predicted octanol–water partition coefficient (Wildman–Crippen LogP) is 1.78. The number of hydrogen-bond donors (Lipinski definition) is 1. The van der Waals surface area contributed by atoms with Crippen LogP contribution in [0.2, 0.25) is 0 Å². The standard InChI is InChI=1S/C12H15NO2/c1-13-5-4-8-7-15-11-6-9(14)2-3-10(11)12(8)13/h2-3,6,8,12,14H,4-5,7H2,1H3/t8-,12-/m0/s1. The quantitative estimate of drug-likeness (QED) is 0.700. The Labute approximate surface area is 89.3 Å². The highest BCUT2D eigenvalue weighted by molar-refractivity contribution is 5.43. The molecular weight excluding hydrogens is 190 g/mol. The Morgan fingerprint density at radius 3 is 3.20 bits per heavy atom. The monoisotopic (exact) mass is 205 g/mol. The minimum absolute atomic E-state index is 0.285. The molecule has 2 aliphatic heterocycles. The molecule has 0 radical (unpaired) electrons. The molecule has 1 N–H and O–H groups in total. The van der Waals surface area contributed by atoms with E-state index >= 15 is 0 Å². The smallest absolute Gasteiger partial charge is 0.127 e. The number of likely N-dealkylation sites (tertiary alicyclic amines) is 1. The first-order valence-corrected chi connectivity index (χ1v) is 5.41. The van der Waals surface area contributed by atoms with Crippen LogP contribution in [-0.4, -0.2) is 30.2 Å². The summed E-state index contributed by atoms with van der Waals surface area (Å²) in [5, 5.41) is 9.40. The molecule has 0 amide bonds. The van der Waals surface area contributed by atoms with Gasteiger partial charge >= 0.3 is 0 Å². The van der Waals surface area contributed by atoms with Crippen molar-refractivity contribution in [3.63, 3.8) is 0 Å². The van der Waals surface area contributed by atoms with Gasteiger partial charge in [0.1, 0.15) is 11.5 Å². The minimum Gasteiger partial charge on any atom is -0.508 e. The zero-order chi connectivity index (χ0) is 10.4. The van der Waals surface area contributed by atoms with Gasteiger partial charge in [-0.2, -0.15) is 0 Å². The molecule has 1 fully saturated rings. The Morgan fingerprint density at radius 2 is 2.33 bits per heavy atom. The van der Waals surface area contributed by atoms with Crippen LogP contribution in [0.25, 0.3) is 0 Å². The lowest BCUT2D eigenvalue weighted by Crippen LogP contribution is -2.28. The van der Waals surface area contributed by atoms with Crippen molar-refractivity contribution < 1.29 is 9.84 Å². The Balaban J connectivity index is 2.06. The van der Waals surface area contributed by atoms with Crippen LogP contribution in [0.15, 0.2) is 18.2 Å². The molecule has 3 nitrogen and oxygen atoms in total. The molecule has 0 unspecified atom stereocenters. The zero-order valence-corrected chi connectivity index (χ0v) is 8.81. The van der Waals surface area contributed by atoms with Crippen molar-refractivity contribution >= 4 is 0 Å². The molecule has 2 aliphatic rings. The van der Waals surface area contributed by atoms with Gasteiger partial charge in [-0.25, -0.2) is 0 Å². The average Bonchev–Trinajstić information content (AvgIpc) is 2.60. The first-order chi connectivity index (χ1) is 7.25. The molecule has 0 spiro atoms. The summed E-state index contributed by atoms with van der Waals surface area (Å²) in [6, 6.07) is 5.94. The predicted molar refractivity (Wildman–Crippen MR) is 57.1 cm³/mol. The molecule has 3 heteroatoms. The Morgan fingerprint density at radius 1 is 1.47 bits per heavy atom. The highest BCUT2D eigenvalue weighted by Crippen LogP contribution is 2.44. The molecule has 2 heterocycles. The van der Waals surface area contributed by atoms with Gasteiger partial charge in [-0.3, -0.25) is 4.90 Å². The van der Waals surface area contributed by atoms with E-state index in [-0.39, 0.29) is 5.75 Å². The van der Waals surface area contributed by atoms with Crippen molar-refractivity contribution in [2.75, 3.05) is 20.2 Å². The van der Waals surface area contributed by atoms with Crippen molar-refractivity contribution in [1.82, 2.24) is 4.90 Å². The van der Waals surface area contributed by atoms with Crippen LogP contribution in [0, 0.1) is 5.92 Å². The SMILES string of the molecule is CN1CC[C@H]2COc3cc(O)ccc3[C@H]21. The van der Waals surface area contributed by atoms with Gasteiger partial charge in [0.05, 0.1) is 6.61 Å². The fourth-order valence-electron chi connectivity index (χ4n) is 2.78. The molecule has 0 aliphatic carbocycles. The van der Waals surface area contributed by atoms with Gasteiger partial charge in [-0.05, 0) is 26.1 Å². The van der Waals surface area contributed by atoms with E-state index < -0.39 is 0 Å². The molecule has 0 aromatic heterocycles. The van der Waals surface area contributed by atoms with Crippen molar-refractivity contribution in [3.8, 4) is 11.5 Å². The Hall–Kier alpha value is -1.22. The maximum absolute atomic E-state index is 9.40. The molecule has 15 heavy (non-hydrogen) atoms. The summed E-state index contributed by atoms with van der Waals surface area (Å²) in [5.74, 6) is 1.75. The van der Waals surface area contributed by atoms with E-state index in [2.05, 4.69) is 11.9 Å². The van der Waals surface area contributed by atoms with Crippen LogP contribution >= 0.6 is 0 Å².